The molecule has 0 unspecified atom stereocenters. The van der Waals surface area contributed by atoms with Crippen LogP contribution in [0.1, 0.15) is 50.6 Å². The molecule has 21 heavy (non-hydrogen) atoms. The summed E-state index contributed by atoms with van der Waals surface area (Å²) in [7, 11) is 0. The number of aromatic nitrogens is 1. The molecule has 2 saturated carbocycles. The summed E-state index contributed by atoms with van der Waals surface area (Å²) in [5.74, 6) is 0.205. The number of hydrogen-bond donors (Lipinski definition) is 1. The van der Waals surface area contributed by atoms with Crippen LogP contribution >= 0.6 is 11.3 Å². The maximum absolute atomic E-state index is 12.9. The second-order valence-corrected chi connectivity index (χ2v) is 8.46. The normalized spacial score (nSPS) is 33.5. The van der Waals surface area contributed by atoms with E-state index in [1.807, 2.05) is 20.8 Å². The Morgan fingerprint density at radius 3 is 2.33 bits per heavy atom. The number of carbonyl (C=O) groups is 2. The summed E-state index contributed by atoms with van der Waals surface area (Å²) < 4.78 is 0. The molecule has 0 aliphatic heterocycles. The lowest BCUT2D eigenvalue weighted by molar-refractivity contribution is -0.131. The Labute approximate surface area is 129 Å². The average Bonchev–Trinajstić information content (AvgIpc) is 2.85. The molecule has 1 aromatic heterocycles. The van der Waals surface area contributed by atoms with E-state index < -0.39 is 5.41 Å². The number of Topliss-reactive ketones (excluding diaryl/α,β-unsaturated/α-hetero) is 1. The zero-order valence-electron chi connectivity index (χ0n) is 13.3. The molecule has 1 heterocycles. The number of ketones is 1. The second-order valence-electron chi connectivity index (χ2n) is 7.25. The van der Waals surface area contributed by atoms with E-state index in [4.69, 9.17) is 0 Å². The summed E-state index contributed by atoms with van der Waals surface area (Å²) in [6, 6.07) is 0. The zero-order chi connectivity index (χ0) is 15.6. The first-order chi connectivity index (χ1) is 9.64. The van der Waals surface area contributed by atoms with Gasteiger partial charge in [0.1, 0.15) is 5.78 Å². The average molecular weight is 306 g/mol. The van der Waals surface area contributed by atoms with Crippen LogP contribution in [-0.4, -0.2) is 16.7 Å². The maximum atomic E-state index is 12.9. The van der Waals surface area contributed by atoms with Gasteiger partial charge < -0.3 is 5.32 Å². The minimum absolute atomic E-state index is 0.0316. The van der Waals surface area contributed by atoms with Crippen LogP contribution in [0.4, 0.5) is 5.13 Å². The van der Waals surface area contributed by atoms with Crippen molar-refractivity contribution < 1.29 is 9.59 Å². The molecule has 1 amide bonds. The number of aryl methyl sites for hydroxylation is 2. The van der Waals surface area contributed by atoms with Gasteiger partial charge in [0.25, 0.3) is 0 Å². The van der Waals surface area contributed by atoms with Crippen molar-refractivity contribution in [3.63, 3.8) is 0 Å². The number of nitrogens with one attached hydrogen (secondary N) is 1. The smallest absolute Gasteiger partial charge is 0.233 e. The highest BCUT2D eigenvalue weighted by Gasteiger charge is 2.72. The van der Waals surface area contributed by atoms with E-state index >= 15 is 0 Å². The van der Waals surface area contributed by atoms with Gasteiger partial charge in [-0.25, -0.2) is 4.98 Å². The Kier molecular flexibility index (Phi) is 2.91. The molecular weight excluding hydrogens is 284 g/mol. The first kappa shape index (κ1) is 14.7. The molecule has 114 valence electrons. The standard InChI is InChI=1S/C16H22N2O2S/c1-9-10(2)21-13(17-9)18-12(20)16-7-6-15(5,11(19)8-16)14(16,3)4/h6-8H2,1-5H3,(H,17,18,20)/t15-,16+/m0/s1. The van der Waals surface area contributed by atoms with Gasteiger partial charge in [-0.3, -0.25) is 9.59 Å². The van der Waals surface area contributed by atoms with E-state index in [0.717, 1.165) is 23.4 Å². The SMILES string of the molecule is Cc1nc(NC(=O)[C@@]23CC[C@@](C)(C(=O)C2)C3(C)C)sc1C. The van der Waals surface area contributed by atoms with E-state index in [2.05, 4.69) is 24.1 Å². The van der Waals surface area contributed by atoms with Crippen molar-refractivity contribution in [3.8, 4) is 0 Å². The van der Waals surface area contributed by atoms with E-state index in [9.17, 15) is 9.59 Å². The van der Waals surface area contributed by atoms with Gasteiger partial charge in [0, 0.05) is 16.7 Å². The number of hydrogen-bond acceptors (Lipinski definition) is 4. The summed E-state index contributed by atoms with van der Waals surface area (Å²) in [6.45, 7) is 10.1. The predicted octanol–water partition coefficient (Wildman–Crippen LogP) is 3.48. The van der Waals surface area contributed by atoms with Gasteiger partial charge in [0.15, 0.2) is 5.13 Å². The predicted molar refractivity (Wildman–Crippen MR) is 83.4 cm³/mol. The van der Waals surface area contributed by atoms with Crippen LogP contribution in [0, 0.1) is 30.1 Å². The molecule has 3 rings (SSSR count). The van der Waals surface area contributed by atoms with Crippen LogP contribution < -0.4 is 5.32 Å². The van der Waals surface area contributed by atoms with Crippen molar-refractivity contribution in [1.82, 2.24) is 4.98 Å². The number of carbonyl (C=O) groups excluding carboxylic acids is 2. The van der Waals surface area contributed by atoms with Gasteiger partial charge in [-0.2, -0.15) is 0 Å². The van der Waals surface area contributed by atoms with Gasteiger partial charge in [0.2, 0.25) is 5.91 Å². The molecule has 2 aliphatic rings. The van der Waals surface area contributed by atoms with Crippen molar-refractivity contribution in [1.29, 1.82) is 0 Å². The first-order valence-electron chi connectivity index (χ1n) is 7.43. The Balaban J connectivity index is 1.93. The highest BCUT2D eigenvalue weighted by atomic mass is 32.1. The fourth-order valence-corrected chi connectivity index (χ4v) is 4.91. The molecule has 2 aliphatic carbocycles. The van der Waals surface area contributed by atoms with Crippen LogP contribution in [0.2, 0.25) is 0 Å². The van der Waals surface area contributed by atoms with Gasteiger partial charge in [-0.15, -0.1) is 11.3 Å². The Morgan fingerprint density at radius 2 is 1.90 bits per heavy atom. The highest BCUT2D eigenvalue weighted by Crippen LogP contribution is 2.70. The van der Waals surface area contributed by atoms with Crippen LogP contribution in [0.25, 0.3) is 0 Å². The third-order valence-electron chi connectivity index (χ3n) is 6.39. The molecule has 2 atom stereocenters. The summed E-state index contributed by atoms with van der Waals surface area (Å²) in [4.78, 5) is 30.8. The lowest BCUT2D eigenvalue weighted by Gasteiger charge is -2.38. The maximum Gasteiger partial charge on any atom is 0.233 e. The molecule has 0 spiro atoms. The lowest BCUT2D eigenvalue weighted by Crippen LogP contribution is -2.43. The van der Waals surface area contributed by atoms with Crippen molar-refractivity contribution in [2.75, 3.05) is 5.32 Å². The number of nitrogens with zero attached hydrogens (tertiary/aromatic N) is 1. The van der Waals surface area contributed by atoms with Gasteiger partial charge in [-0.05, 0) is 32.1 Å². The number of anilines is 1. The van der Waals surface area contributed by atoms with E-state index in [1.54, 1.807) is 0 Å². The summed E-state index contributed by atoms with van der Waals surface area (Å²) in [6.07, 6.45) is 1.96. The van der Waals surface area contributed by atoms with Crippen LogP contribution in [0.15, 0.2) is 0 Å². The summed E-state index contributed by atoms with van der Waals surface area (Å²) >= 11 is 1.50. The minimum atomic E-state index is -0.577. The Bertz CT molecular complexity index is 629. The molecule has 2 bridgehead atoms. The molecule has 5 heteroatoms. The van der Waals surface area contributed by atoms with Crippen molar-refractivity contribution in [3.05, 3.63) is 10.6 Å². The quantitative estimate of drug-likeness (QED) is 0.910. The molecule has 0 saturated heterocycles. The Hall–Kier alpha value is -1.23. The lowest BCUT2D eigenvalue weighted by atomic mass is 9.64. The highest BCUT2D eigenvalue weighted by molar-refractivity contribution is 7.15. The van der Waals surface area contributed by atoms with Crippen LogP contribution in [0.3, 0.4) is 0 Å². The van der Waals surface area contributed by atoms with Crippen molar-refractivity contribution >= 4 is 28.2 Å². The minimum Gasteiger partial charge on any atom is -0.301 e. The van der Waals surface area contributed by atoms with Gasteiger partial charge in [-0.1, -0.05) is 20.8 Å². The summed E-state index contributed by atoms with van der Waals surface area (Å²) in [5, 5.41) is 3.62. The van der Waals surface area contributed by atoms with Crippen LogP contribution in [-0.2, 0) is 9.59 Å². The van der Waals surface area contributed by atoms with E-state index in [1.165, 1.54) is 11.3 Å². The molecule has 4 nitrogen and oxygen atoms in total. The van der Waals surface area contributed by atoms with Gasteiger partial charge in [0.05, 0.1) is 11.1 Å². The Morgan fingerprint density at radius 1 is 1.24 bits per heavy atom. The summed E-state index contributed by atoms with van der Waals surface area (Å²) in [5.41, 5.74) is -0.292. The third kappa shape index (κ3) is 1.64. The molecule has 0 aromatic carbocycles. The van der Waals surface area contributed by atoms with Crippen LogP contribution in [0.5, 0.6) is 0 Å². The molecule has 0 radical (unpaired) electrons. The number of rotatable bonds is 2. The van der Waals surface area contributed by atoms with Crippen molar-refractivity contribution in [2.45, 2.75) is 53.9 Å². The first-order valence-corrected chi connectivity index (χ1v) is 8.24. The molecule has 1 N–H and O–H groups in total. The van der Waals surface area contributed by atoms with E-state index in [-0.39, 0.29) is 22.5 Å². The topological polar surface area (TPSA) is 59.1 Å². The molecule has 1 aromatic rings. The number of amides is 1. The zero-order valence-corrected chi connectivity index (χ0v) is 14.1. The second kappa shape index (κ2) is 4.15. The third-order valence-corrected chi connectivity index (χ3v) is 7.38. The fourth-order valence-electron chi connectivity index (χ4n) is 4.10. The number of fused-ring (bicyclic) bond motifs is 2. The monoisotopic (exact) mass is 306 g/mol. The van der Waals surface area contributed by atoms with Crippen molar-refractivity contribution in [2.24, 2.45) is 16.2 Å². The fraction of sp³-hybridized carbons (Fsp3) is 0.688. The molecule has 2 fully saturated rings. The van der Waals surface area contributed by atoms with E-state index in [0.29, 0.717) is 11.6 Å². The van der Waals surface area contributed by atoms with Gasteiger partial charge >= 0.3 is 0 Å². The molecular formula is C16H22N2O2S. The largest absolute Gasteiger partial charge is 0.301 e. The number of thiazole rings is 1.